The third kappa shape index (κ3) is 2.74. The second-order valence-electron chi connectivity index (χ2n) is 7.65. The van der Waals surface area contributed by atoms with Gasteiger partial charge < -0.3 is 14.5 Å². The number of amides is 2. The Labute approximate surface area is 169 Å². The molecule has 0 aromatic heterocycles. The van der Waals surface area contributed by atoms with Crippen LogP contribution in [-0.4, -0.2) is 48.1 Å². The first-order valence-electron chi connectivity index (χ1n) is 10.0. The molecule has 1 spiro atoms. The molecule has 150 valence electrons. The van der Waals surface area contributed by atoms with Crippen LogP contribution in [0.15, 0.2) is 24.3 Å². The standard InChI is InChI=1S/C21H26N2O4S/c1-3-27-19(25)17-13-28-21(23(17)18(24)14-9-5-4-6-10-14)15-11-7-8-12-16(15)22(2)20(21)26/h7-8,11-12,14,17H,3-6,9-10,13H2,1-2H3/t17-,21-/m0/s1. The van der Waals surface area contributed by atoms with Crippen LogP contribution >= 0.6 is 11.8 Å². The molecule has 0 unspecified atom stereocenters. The van der Waals surface area contributed by atoms with E-state index in [2.05, 4.69) is 0 Å². The third-order valence-electron chi connectivity index (χ3n) is 6.08. The van der Waals surface area contributed by atoms with Crippen molar-refractivity contribution in [1.82, 2.24) is 4.90 Å². The van der Waals surface area contributed by atoms with Crippen LogP contribution in [-0.2, 0) is 24.0 Å². The average Bonchev–Trinajstić information content (AvgIpc) is 3.22. The number of hydrogen-bond donors (Lipinski definition) is 0. The highest BCUT2D eigenvalue weighted by atomic mass is 32.2. The van der Waals surface area contributed by atoms with E-state index in [0.29, 0.717) is 5.75 Å². The lowest BCUT2D eigenvalue weighted by molar-refractivity contribution is -0.159. The maximum atomic E-state index is 13.7. The molecule has 2 aliphatic heterocycles. The molecule has 1 aliphatic carbocycles. The van der Waals surface area contributed by atoms with Crippen molar-refractivity contribution >= 4 is 35.2 Å². The van der Waals surface area contributed by atoms with E-state index in [0.717, 1.165) is 43.4 Å². The molecule has 1 saturated heterocycles. The number of anilines is 1. The summed E-state index contributed by atoms with van der Waals surface area (Å²) in [7, 11) is 1.73. The second-order valence-corrected chi connectivity index (χ2v) is 8.86. The van der Waals surface area contributed by atoms with E-state index in [-0.39, 0.29) is 24.3 Å². The average molecular weight is 403 g/mol. The zero-order chi connectivity index (χ0) is 19.9. The van der Waals surface area contributed by atoms with Crippen LogP contribution in [0.2, 0.25) is 0 Å². The van der Waals surface area contributed by atoms with Crippen LogP contribution in [0.4, 0.5) is 5.69 Å². The fraction of sp³-hybridized carbons (Fsp3) is 0.571. The number of carbonyl (C=O) groups excluding carboxylic acids is 3. The van der Waals surface area contributed by atoms with Gasteiger partial charge in [0.25, 0.3) is 5.91 Å². The zero-order valence-electron chi connectivity index (χ0n) is 16.3. The van der Waals surface area contributed by atoms with Gasteiger partial charge in [-0.3, -0.25) is 9.59 Å². The Bertz CT molecular complexity index is 807. The fourth-order valence-electron chi connectivity index (χ4n) is 4.71. The van der Waals surface area contributed by atoms with Gasteiger partial charge in [-0.1, -0.05) is 37.5 Å². The van der Waals surface area contributed by atoms with E-state index in [9.17, 15) is 14.4 Å². The summed E-state index contributed by atoms with van der Waals surface area (Å²) in [4.78, 5) is 41.9. The summed E-state index contributed by atoms with van der Waals surface area (Å²) in [5.74, 6) is -0.426. The highest BCUT2D eigenvalue weighted by Gasteiger charge is 2.63. The fourth-order valence-corrected chi connectivity index (χ4v) is 6.34. The van der Waals surface area contributed by atoms with Crippen molar-refractivity contribution in [2.45, 2.75) is 49.9 Å². The van der Waals surface area contributed by atoms with Crippen molar-refractivity contribution in [1.29, 1.82) is 0 Å². The zero-order valence-corrected chi connectivity index (χ0v) is 17.2. The summed E-state index contributed by atoms with van der Waals surface area (Å²) >= 11 is 1.38. The van der Waals surface area contributed by atoms with E-state index in [4.69, 9.17) is 4.74 Å². The topological polar surface area (TPSA) is 66.9 Å². The van der Waals surface area contributed by atoms with Gasteiger partial charge in [-0.25, -0.2) is 4.79 Å². The number of esters is 1. The Kier molecular flexibility index (Phi) is 5.12. The van der Waals surface area contributed by atoms with Gasteiger partial charge in [-0.15, -0.1) is 11.8 Å². The maximum absolute atomic E-state index is 13.7. The molecule has 3 aliphatic rings. The van der Waals surface area contributed by atoms with E-state index in [1.807, 2.05) is 24.3 Å². The lowest BCUT2D eigenvalue weighted by atomic mass is 9.87. The number of ether oxygens (including phenoxy) is 1. The molecular weight excluding hydrogens is 376 g/mol. The number of benzene rings is 1. The number of rotatable bonds is 3. The van der Waals surface area contributed by atoms with Crippen LogP contribution in [0.25, 0.3) is 0 Å². The van der Waals surface area contributed by atoms with Gasteiger partial charge in [-0.05, 0) is 25.8 Å². The van der Waals surface area contributed by atoms with Gasteiger partial charge in [0.2, 0.25) is 5.91 Å². The van der Waals surface area contributed by atoms with E-state index < -0.39 is 16.9 Å². The molecule has 28 heavy (non-hydrogen) atoms. The first kappa shape index (κ1) is 19.3. The molecule has 2 atom stereocenters. The van der Waals surface area contributed by atoms with Crippen LogP contribution in [0.3, 0.4) is 0 Å². The summed E-state index contributed by atoms with van der Waals surface area (Å²) in [5, 5.41) is 0. The highest BCUT2D eigenvalue weighted by Crippen LogP contribution is 2.56. The van der Waals surface area contributed by atoms with Gasteiger partial charge in [0.1, 0.15) is 6.04 Å². The SMILES string of the molecule is CCOC(=O)[C@@H]1CS[C@@]2(C(=O)N(C)c3ccccc32)N1C(=O)C1CCCCC1. The van der Waals surface area contributed by atoms with E-state index >= 15 is 0 Å². The molecule has 0 N–H and O–H groups in total. The van der Waals surface area contributed by atoms with Crippen molar-refractivity contribution in [2.75, 3.05) is 24.3 Å². The lowest BCUT2D eigenvalue weighted by Gasteiger charge is -2.38. The van der Waals surface area contributed by atoms with E-state index in [1.165, 1.54) is 11.8 Å². The number of para-hydroxylation sites is 1. The number of carbonyl (C=O) groups is 3. The number of thioether (sulfide) groups is 1. The van der Waals surface area contributed by atoms with Crippen molar-refractivity contribution < 1.29 is 19.1 Å². The quantitative estimate of drug-likeness (QED) is 0.728. The molecule has 7 heteroatoms. The first-order valence-corrected chi connectivity index (χ1v) is 11.0. The number of hydrogen-bond acceptors (Lipinski definition) is 5. The molecule has 0 radical (unpaired) electrons. The monoisotopic (exact) mass is 402 g/mol. The summed E-state index contributed by atoms with van der Waals surface area (Å²) in [6, 6.07) is 6.83. The normalized spacial score (nSPS) is 27.4. The highest BCUT2D eigenvalue weighted by molar-refractivity contribution is 8.01. The van der Waals surface area contributed by atoms with Crippen molar-refractivity contribution in [3.05, 3.63) is 29.8 Å². The molecule has 0 bridgehead atoms. The minimum absolute atomic E-state index is 0.0822. The van der Waals surface area contributed by atoms with Crippen molar-refractivity contribution in [3.63, 3.8) is 0 Å². The molecule has 6 nitrogen and oxygen atoms in total. The van der Waals surface area contributed by atoms with Gasteiger partial charge >= 0.3 is 5.97 Å². The summed E-state index contributed by atoms with van der Waals surface area (Å²) in [5.41, 5.74) is 1.59. The molecule has 1 aromatic rings. The Morgan fingerprint density at radius 3 is 2.64 bits per heavy atom. The lowest BCUT2D eigenvalue weighted by Crippen LogP contribution is -2.56. The number of nitrogens with zero attached hydrogens (tertiary/aromatic N) is 2. The summed E-state index contributed by atoms with van der Waals surface area (Å²) < 4.78 is 5.28. The predicted molar refractivity (Wildman–Crippen MR) is 108 cm³/mol. The van der Waals surface area contributed by atoms with Crippen molar-refractivity contribution in [2.24, 2.45) is 5.92 Å². The largest absolute Gasteiger partial charge is 0.464 e. The molecule has 2 heterocycles. The van der Waals surface area contributed by atoms with Gasteiger partial charge in [-0.2, -0.15) is 0 Å². The van der Waals surface area contributed by atoms with Gasteiger partial charge in [0, 0.05) is 24.3 Å². The van der Waals surface area contributed by atoms with Gasteiger partial charge in [0.15, 0.2) is 4.87 Å². The maximum Gasteiger partial charge on any atom is 0.329 e. The third-order valence-corrected chi connectivity index (χ3v) is 7.57. The number of fused-ring (bicyclic) bond motifs is 2. The second kappa shape index (κ2) is 7.43. The minimum Gasteiger partial charge on any atom is -0.464 e. The Balaban J connectivity index is 1.81. The molecule has 1 aromatic carbocycles. The molecule has 2 fully saturated rings. The molecule has 4 rings (SSSR count). The smallest absolute Gasteiger partial charge is 0.329 e. The Morgan fingerprint density at radius 2 is 1.93 bits per heavy atom. The molecule has 2 amide bonds. The predicted octanol–water partition coefficient (Wildman–Crippen LogP) is 2.90. The van der Waals surface area contributed by atoms with E-state index in [1.54, 1.807) is 23.8 Å². The van der Waals surface area contributed by atoms with Crippen LogP contribution in [0.1, 0.15) is 44.6 Å². The molecule has 1 saturated carbocycles. The Hall–Kier alpha value is -2.02. The van der Waals surface area contributed by atoms with Crippen LogP contribution in [0, 0.1) is 5.92 Å². The Morgan fingerprint density at radius 1 is 1.21 bits per heavy atom. The summed E-state index contributed by atoms with van der Waals surface area (Å²) in [6.45, 7) is 2.01. The first-order chi connectivity index (χ1) is 13.5. The van der Waals surface area contributed by atoms with Gasteiger partial charge in [0.05, 0.1) is 12.3 Å². The minimum atomic E-state index is -1.17. The summed E-state index contributed by atoms with van der Waals surface area (Å²) in [6.07, 6.45) is 4.79. The molecular formula is C21H26N2O4S. The van der Waals surface area contributed by atoms with Crippen LogP contribution in [0.5, 0.6) is 0 Å². The van der Waals surface area contributed by atoms with Crippen LogP contribution < -0.4 is 4.90 Å². The number of likely N-dealkylation sites (N-methyl/N-ethyl adjacent to an activating group) is 1. The van der Waals surface area contributed by atoms with Crippen molar-refractivity contribution in [3.8, 4) is 0 Å².